The largest absolute Gasteiger partial charge is 0.310 e. The predicted octanol–water partition coefficient (Wildman–Crippen LogP) is 4.82. The Morgan fingerprint density at radius 2 is 2.06 bits per heavy atom. The summed E-state index contributed by atoms with van der Waals surface area (Å²) in [6.07, 6.45) is 5.26. The van der Waals surface area contributed by atoms with Gasteiger partial charge in [-0.1, -0.05) is 54.2 Å². The number of hydrogen-bond acceptors (Lipinski definition) is 1. The molecular formula is C15H24BrN. The average Bonchev–Trinajstić information content (AvgIpc) is 2.28. The van der Waals surface area contributed by atoms with Crippen LogP contribution in [0, 0.1) is 6.92 Å². The maximum Gasteiger partial charge on any atom is 0.0222 e. The lowest BCUT2D eigenvalue weighted by atomic mass is 10.1. The minimum atomic E-state index is 0.606. The Kier molecular flexibility index (Phi) is 6.83. The molecule has 96 valence electrons. The molecule has 1 aromatic rings. The summed E-state index contributed by atoms with van der Waals surface area (Å²) in [7, 11) is 0. The molecule has 0 fully saturated rings. The summed E-state index contributed by atoms with van der Waals surface area (Å²) in [4.78, 5) is 0. The fraction of sp³-hybridized carbons (Fsp3) is 0.600. The average molecular weight is 298 g/mol. The minimum absolute atomic E-state index is 0.606. The maximum absolute atomic E-state index is 3.62. The van der Waals surface area contributed by atoms with Crippen LogP contribution in [0.2, 0.25) is 0 Å². The first-order valence-corrected chi connectivity index (χ1v) is 7.41. The third-order valence-electron chi connectivity index (χ3n) is 3.09. The summed E-state index contributed by atoms with van der Waals surface area (Å²) < 4.78 is 1.21. The topological polar surface area (TPSA) is 12.0 Å². The summed E-state index contributed by atoms with van der Waals surface area (Å²) in [5.74, 6) is 0. The third kappa shape index (κ3) is 5.69. The number of nitrogens with one attached hydrogen (secondary N) is 1. The van der Waals surface area contributed by atoms with E-state index in [0.717, 1.165) is 6.54 Å². The van der Waals surface area contributed by atoms with Gasteiger partial charge in [0.25, 0.3) is 0 Å². The van der Waals surface area contributed by atoms with E-state index in [4.69, 9.17) is 0 Å². The van der Waals surface area contributed by atoms with Crippen LogP contribution in [-0.2, 0) is 6.54 Å². The molecule has 0 saturated heterocycles. The van der Waals surface area contributed by atoms with Crippen LogP contribution in [-0.4, -0.2) is 6.04 Å². The van der Waals surface area contributed by atoms with Crippen molar-refractivity contribution in [3.05, 3.63) is 33.8 Å². The Morgan fingerprint density at radius 1 is 1.29 bits per heavy atom. The molecule has 2 heteroatoms. The van der Waals surface area contributed by atoms with Gasteiger partial charge in [-0.25, -0.2) is 0 Å². The Bertz CT molecular complexity index is 336. The summed E-state index contributed by atoms with van der Waals surface area (Å²) in [6.45, 7) is 7.60. The zero-order chi connectivity index (χ0) is 12.7. The van der Waals surface area contributed by atoms with Crippen molar-refractivity contribution in [3.8, 4) is 0 Å². The molecule has 0 aliphatic heterocycles. The van der Waals surface area contributed by atoms with Gasteiger partial charge in [-0.05, 0) is 37.5 Å². The van der Waals surface area contributed by atoms with Gasteiger partial charge in [0.1, 0.15) is 0 Å². The van der Waals surface area contributed by atoms with Crippen molar-refractivity contribution in [1.82, 2.24) is 5.32 Å². The van der Waals surface area contributed by atoms with Gasteiger partial charge in [0, 0.05) is 17.1 Å². The lowest BCUT2D eigenvalue weighted by Crippen LogP contribution is -2.25. The van der Waals surface area contributed by atoms with Crippen molar-refractivity contribution >= 4 is 15.9 Å². The molecule has 1 atom stereocenters. The molecule has 0 aliphatic rings. The number of halogens is 1. The van der Waals surface area contributed by atoms with Crippen molar-refractivity contribution in [3.63, 3.8) is 0 Å². The highest BCUT2D eigenvalue weighted by Gasteiger charge is 2.03. The second-order valence-corrected chi connectivity index (χ2v) is 5.73. The van der Waals surface area contributed by atoms with Gasteiger partial charge in [-0.3, -0.25) is 0 Å². The van der Waals surface area contributed by atoms with Crippen molar-refractivity contribution in [2.75, 3.05) is 0 Å². The number of aryl methyl sites for hydroxylation is 1. The number of hydrogen-bond donors (Lipinski definition) is 1. The van der Waals surface area contributed by atoms with E-state index < -0.39 is 0 Å². The molecule has 17 heavy (non-hydrogen) atoms. The molecule has 0 amide bonds. The van der Waals surface area contributed by atoms with Crippen LogP contribution in [0.1, 0.15) is 50.7 Å². The Labute approximate surface area is 114 Å². The van der Waals surface area contributed by atoms with E-state index in [9.17, 15) is 0 Å². The van der Waals surface area contributed by atoms with Crippen molar-refractivity contribution in [2.24, 2.45) is 0 Å². The number of unbranched alkanes of at least 4 members (excludes halogenated alkanes) is 2. The smallest absolute Gasteiger partial charge is 0.0222 e. The third-order valence-corrected chi connectivity index (χ3v) is 3.83. The van der Waals surface area contributed by atoms with E-state index in [2.05, 4.69) is 60.2 Å². The first-order valence-electron chi connectivity index (χ1n) is 6.62. The summed E-state index contributed by atoms with van der Waals surface area (Å²) in [6, 6.07) is 7.16. The maximum atomic E-state index is 3.62. The zero-order valence-corrected chi connectivity index (χ0v) is 12.8. The molecule has 0 aromatic heterocycles. The molecule has 0 aliphatic carbocycles. The number of benzene rings is 1. The van der Waals surface area contributed by atoms with Crippen LogP contribution in [0.4, 0.5) is 0 Å². The number of rotatable bonds is 7. The molecule has 1 rings (SSSR count). The van der Waals surface area contributed by atoms with Gasteiger partial charge in [0.05, 0.1) is 0 Å². The SMILES string of the molecule is CCCCCC(C)NCc1ccc(C)cc1Br. The molecule has 0 bridgehead atoms. The van der Waals surface area contributed by atoms with Crippen LogP contribution < -0.4 is 5.32 Å². The first-order chi connectivity index (χ1) is 8.13. The van der Waals surface area contributed by atoms with Crippen molar-refractivity contribution < 1.29 is 0 Å². The van der Waals surface area contributed by atoms with Gasteiger partial charge in [-0.2, -0.15) is 0 Å². The second kappa shape index (κ2) is 7.88. The molecule has 1 unspecified atom stereocenters. The fourth-order valence-electron chi connectivity index (χ4n) is 1.88. The lowest BCUT2D eigenvalue weighted by Gasteiger charge is -2.14. The van der Waals surface area contributed by atoms with E-state index in [1.807, 2.05) is 0 Å². The predicted molar refractivity (Wildman–Crippen MR) is 79.3 cm³/mol. The van der Waals surface area contributed by atoms with Gasteiger partial charge in [-0.15, -0.1) is 0 Å². The van der Waals surface area contributed by atoms with Gasteiger partial charge < -0.3 is 5.32 Å². The Balaban J connectivity index is 2.34. The van der Waals surface area contributed by atoms with Crippen LogP contribution in [0.15, 0.2) is 22.7 Å². The highest BCUT2D eigenvalue weighted by molar-refractivity contribution is 9.10. The monoisotopic (exact) mass is 297 g/mol. The molecule has 1 N–H and O–H groups in total. The van der Waals surface area contributed by atoms with Gasteiger partial charge in [0.15, 0.2) is 0 Å². The van der Waals surface area contributed by atoms with Crippen LogP contribution in [0.3, 0.4) is 0 Å². The lowest BCUT2D eigenvalue weighted by molar-refractivity contribution is 0.487. The molecular weight excluding hydrogens is 274 g/mol. The van der Waals surface area contributed by atoms with E-state index in [1.165, 1.54) is 41.3 Å². The van der Waals surface area contributed by atoms with E-state index in [0.29, 0.717) is 6.04 Å². The van der Waals surface area contributed by atoms with Crippen LogP contribution >= 0.6 is 15.9 Å². The minimum Gasteiger partial charge on any atom is -0.310 e. The second-order valence-electron chi connectivity index (χ2n) is 4.87. The van der Waals surface area contributed by atoms with Gasteiger partial charge in [0.2, 0.25) is 0 Å². The highest BCUT2D eigenvalue weighted by atomic mass is 79.9. The first kappa shape index (κ1) is 14.7. The quantitative estimate of drug-likeness (QED) is 0.712. The fourth-order valence-corrected chi connectivity index (χ4v) is 2.52. The van der Waals surface area contributed by atoms with Crippen molar-refractivity contribution in [2.45, 2.75) is 59.0 Å². The normalized spacial score (nSPS) is 12.7. The van der Waals surface area contributed by atoms with Crippen LogP contribution in [0.25, 0.3) is 0 Å². The van der Waals surface area contributed by atoms with E-state index in [1.54, 1.807) is 0 Å². The molecule has 1 aromatic carbocycles. The molecule has 1 nitrogen and oxygen atoms in total. The van der Waals surface area contributed by atoms with Crippen LogP contribution in [0.5, 0.6) is 0 Å². The Hall–Kier alpha value is -0.340. The Morgan fingerprint density at radius 3 is 2.71 bits per heavy atom. The molecule has 0 heterocycles. The summed E-state index contributed by atoms with van der Waals surface area (Å²) in [5.41, 5.74) is 2.65. The molecule has 0 spiro atoms. The summed E-state index contributed by atoms with van der Waals surface area (Å²) in [5, 5.41) is 3.59. The van der Waals surface area contributed by atoms with Crippen molar-refractivity contribution in [1.29, 1.82) is 0 Å². The molecule has 0 radical (unpaired) electrons. The molecule has 0 saturated carbocycles. The summed E-state index contributed by atoms with van der Waals surface area (Å²) >= 11 is 3.62. The standard InChI is InChI=1S/C15H24BrN/c1-4-5-6-7-13(3)17-11-14-9-8-12(2)10-15(14)16/h8-10,13,17H,4-7,11H2,1-3H3. The zero-order valence-electron chi connectivity index (χ0n) is 11.2. The highest BCUT2D eigenvalue weighted by Crippen LogP contribution is 2.18. The van der Waals surface area contributed by atoms with E-state index >= 15 is 0 Å². The van der Waals surface area contributed by atoms with Gasteiger partial charge >= 0.3 is 0 Å². The van der Waals surface area contributed by atoms with E-state index in [-0.39, 0.29) is 0 Å².